The number of allylic oxidation sites excluding steroid dienone is 2. The minimum atomic E-state index is -1.94. The number of alkyl halides is 1. The van der Waals surface area contributed by atoms with Gasteiger partial charge in [-0.1, -0.05) is 75.7 Å². The molecule has 366 valence electrons. The molecule has 0 unspecified atom stereocenters. The van der Waals surface area contributed by atoms with Crippen molar-refractivity contribution in [3.05, 3.63) is 58.0 Å². The molecule has 2 aromatic carbocycles. The molecule has 1 amide bonds. The number of piperidine rings is 1. The van der Waals surface area contributed by atoms with Gasteiger partial charge in [0, 0.05) is 86.7 Å². The van der Waals surface area contributed by atoms with Gasteiger partial charge in [-0.25, -0.2) is 4.99 Å². The molecule has 7 bridgehead atoms. The Hall–Kier alpha value is -4.35. The van der Waals surface area contributed by atoms with Crippen LogP contribution < -0.4 is 20.8 Å². The van der Waals surface area contributed by atoms with Gasteiger partial charge in [-0.05, 0) is 53.5 Å². The van der Waals surface area contributed by atoms with Crippen molar-refractivity contribution < 1.29 is 53.0 Å². The summed E-state index contributed by atoms with van der Waals surface area (Å²) >= 11 is 3.48. The van der Waals surface area contributed by atoms with Gasteiger partial charge in [-0.15, -0.1) is 0 Å². The Labute approximate surface area is 402 Å². The second-order valence-electron chi connectivity index (χ2n) is 20.8. The molecule has 6 aliphatic heterocycles. The van der Waals surface area contributed by atoms with E-state index in [0.29, 0.717) is 24.4 Å². The average Bonchev–Trinajstić information content (AvgIpc) is 3.75. The standard InChI is InChI=1S/C51H69BrN4O11/c1-25(2)24-56-21-19-51(20-22-56)54-36-33-34-39(57)29(6)44-35(33)45(59)50(13,67-44)63-23-18-32(62-14)28(5)42(64-47(61)48(9,10)52)31(8)43-30(7)41(65-49(11,12)66-43)26(3)16-15-17-27(4)46(60)53-38(40(34)58)37(36)55-51/h15-18,23,25-26,28,30-32,41-43,54,57-58H,19-22,24H2,1-14H3/b16-15+,23-18+,27-17-,53-38?/t26-,28+,30+,31-,32-,41-,42+,43+,50-/m0/s1. The van der Waals surface area contributed by atoms with Crippen LogP contribution in [0.4, 0.5) is 5.69 Å². The SMILES string of the molecule is CO[C@H]1/C=C/O[C@@]2(C)Oc3c(C)c(O)c4c(O)c(c5c(c4c3C2=O)NC2(CCN(CC(C)C)CC2)N=5)=NC(=O)/C(C)=C\C=C\[C@H](C)[C@@H]2OC(C)(C)O[C@@H]([C@@H](C)[C@H](OC(=O)C(C)(C)Br)[C@@H]1C)[C@@H]2C. The van der Waals surface area contributed by atoms with E-state index in [1.165, 1.54) is 13.2 Å². The topological polar surface area (TPSA) is 187 Å². The molecule has 0 aromatic heterocycles. The summed E-state index contributed by atoms with van der Waals surface area (Å²) in [5.41, 5.74) is 0.0477. The predicted octanol–water partition coefficient (Wildman–Crippen LogP) is 7.70. The molecule has 16 heteroatoms. The first-order valence-corrected chi connectivity index (χ1v) is 24.3. The van der Waals surface area contributed by atoms with Crippen LogP contribution in [0.25, 0.3) is 10.8 Å². The molecule has 8 rings (SSSR count). The Balaban J connectivity index is 1.41. The van der Waals surface area contributed by atoms with Crippen LogP contribution in [0.1, 0.15) is 112 Å². The first kappa shape index (κ1) is 50.5. The number of ketones is 1. The molecule has 3 N–H and O–H groups in total. The lowest BCUT2D eigenvalue weighted by Gasteiger charge is -2.50. The monoisotopic (exact) mass is 992 g/mol. The van der Waals surface area contributed by atoms with Crippen molar-refractivity contribution in [3.8, 4) is 17.2 Å². The highest BCUT2D eigenvalue weighted by Gasteiger charge is 2.52. The van der Waals surface area contributed by atoms with Gasteiger partial charge in [0.1, 0.15) is 38.3 Å². The van der Waals surface area contributed by atoms with Crippen molar-refractivity contribution in [2.24, 2.45) is 39.6 Å². The van der Waals surface area contributed by atoms with Crippen molar-refractivity contribution in [1.29, 1.82) is 0 Å². The third kappa shape index (κ3) is 9.54. The minimum Gasteiger partial charge on any atom is -0.507 e. The molecular weight excluding hydrogens is 924 g/mol. The zero-order chi connectivity index (χ0) is 49.3. The highest BCUT2D eigenvalue weighted by molar-refractivity contribution is 9.10. The Kier molecular flexibility index (Phi) is 14.0. The van der Waals surface area contributed by atoms with E-state index >= 15 is 0 Å². The zero-order valence-corrected chi connectivity index (χ0v) is 43.0. The number of aromatic hydroxyl groups is 2. The normalized spacial score (nSPS) is 32.7. The summed E-state index contributed by atoms with van der Waals surface area (Å²) < 4.78 is 37.3. The molecule has 0 saturated carbocycles. The summed E-state index contributed by atoms with van der Waals surface area (Å²) in [5, 5.41) is 28.0. The van der Waals surface area contributed by atoms with Crippen LogP contribution in [-0.2, 0) is 33.3 Å². The van der Waals surface area contributed by atoms with Gasteiger partial charge >= 0.3 is 11.8 Å². The Morgan fingerprint density at radius 2 is 1.63 bits per heavy atom. The number of hydrogen-bond acceptors (Lipinski definition) is 14. The lowest BCUT2D eigenvalue weighted by atomic mass is 9.77. The van der Waals surface area contributed by atoms with E-state index in [9.17, 15) is 24.6 Å². The number of rotatable bonds is 5. The lowest BCUT2D eigenvalue weighted by molar-refractivity contribution is -0.336. The van der Waals surface area contributed by atoms with Crippen molar-refractivity contribution >= 4 is 50.0 Å². The van der Waals surface area contributed by atoms with Gasteiger partial charge in [0.05, 0.1) is 41.2 Å². The van der Waals surface area contributed by atoms with Gasteiger partial charge in [0.2, 0.25) is 0 Å². The first-order valence-electron chi connectivity index (χ1n) is 23.5. The molecule has 2 aromatic rings. The van der Waals surface area contributed by atoms with E-state index in [4.69, 9.17) is 33.4 Å². The van der Waals surface area contributed by atoms with Crippen molar-refractivity contribution in [3.63, 3.8) is 0 Å². The Morgan fingerprint density at radius 3 is 2.25 bits per heavy atom. The average molecular weight is 994 g/mol. The molecular formula is C51H69BrN4O11. The third-order valence-electron chi connectivity index (χ3n) is 14.1. The number of nitrogens with zero attached hydrogens (tertiary/aromatic N) is 3. The largest absolute Gasteiger partial charge is 0.507 e. The van der Waals surface area contributed by atoms with E-state index in [0.717, 1.165) is 19.6 Å². The van der Waals surface area contributed by atoms with Gasteiger partial charge in [0.15, 0.2) is 11.5 Å². The molecule has 0 radical (unpaired) electrons. The first-order chi connectivity index (χ1) is 31.2. The number of hydrogen-bond donors (Lipinski definition) is 3. The highest BCUT2D eigenvalue weighted by Crippen LogP contribution is 2.51. The zero-order valence-electron chi connectivity index (χ0n) is 41.4. The van der Waals surface area contributed by atoms with Crippen LogP contribution in [0.3, 0.4) is 0 Å². The van der Waals surface area contributed by atoms with E-state index < -0.39 is 69.2 Å². The van der Waals surface area contributed by atoms with Gasteiger partial charge in [0.25, 0.3) is 11.7 Å². The number of phenolic OH excluding ortho intramolecular Hbond substituents is 2. The summed E-state index contributed by atoms with van der Waals surface area (Å²) in [5.74, 6) is -6.14. The van der Waals surface area contributed by atoms with E-state index in [2.05, 4.69) is 51.9 Å². The van der Waals surface area contributed by atoms with Crippen LogP contribution >= 0.6 is 15.9 Å². The third-order valence-corrected chi connectivity index (χ3v) is 14.4. The fourth-order valence-corrected chi connectivity index (χ4v) is 10.5. The van der Waals surface area contributed by atoms with Crippen LogP contribution in [0.2, 0.25) is 0 Å². The number of nitrogens with one attached hydrogen (secondary N) is 1. The van der Waals surface area contributed by atoms with Crippen molar-refractivity contribution in [2.45, 2.75) is 149 Å². The number of esters is 1. The molecule has 2 fully saturated rings. The summed E-state index contributed by atoms with van der Waals surface area (Å²) in [6, 6.07) is 0. The lowest BCUT2D eigenvalue weighted by Crippen LogP contribution is -2.57. The predicted molar refractivity (Wildman–Crippen MR) is 257 cm³/mol. The fourth-order valence-electron chi connectivity index (χ4n) is 10.4. The summed E-state index contributed by atoms with van der Waals surface area (Å²) in [6.07, 6.45) is 7.37. The summed E-state index contributed by atoms with van der Waals surface area (Å²) in [4.78, 5) is 54.8. The molecule has 0 aliphatic carbocycles. The molecule has 15 nitrogen and oxygen atoms in total. The maximum atomic E-state index is 14.9. The van der Waals surface area contributed by atoms with Crippen LogP contribution in [-0.4, -0.2) is 105 Å². The number of fused-ring (bicyclic) bond motifs is 9. The number of amides is 1. The molecule has 1 spiro atoms. The van der Waals surface area contributed by atoms with Crippen molar-refractivity contribution in [2.75, 3.05) is 32.1 Å². The number of anilines is 1. The number of benzene rings is 2. The van der Waals surface area contributed by atoms with Crippen LogP contribution in [0.5, 0.6) is 17.2 Å². The maximum absolute atomic E-state index is 14.9. The number of methoxy groups -OCH3 is 1. The Bertz CT molecular complexity index is 2540. The number of Topliss-reactive ketones (excluding diaryl/α,β-unsaturated/α-hetero) is 1. The maximum Gasteiger partial charge on any atom is 0.322 e. The molecule has 2 saturated heterocycles. The number of phenols is 2. The molecule has 9 atom stereocenters. The number of carbonyl (C=O) groups excluding carboxylic acids is 3. The number of likely N-dealkylation sites (tertiary alicyclic amines) is 1. The molecule has 6 aliphatic rings. The number of carbonyl (C=O) groups is 3. The van der Waals surface area contributed by atoms with Crippen LogP contribution in [0.15, 0.2) is 46.1 Å². The smallest absolute Gasteiger partial charge is 0.322 e. The highest BCUT2D eigenvalue weighted by atomic mass is 79.9. The van der Waals surface area contributed by atoms with E-state index in [1.54, 1.807) is 53.0 Å². The Morgan fingerprint density at radius 1 is 0.970 bits per heavy atom. The van der Waals surface area contributed by atoms with E-state index in [-0.39, 0.29) is 73.5 Å². The fraction of sp³-hybridized carbons (Fsp3) is 0.627. The van der Waals surface area contributed by atoms with Crippen LogP contribution in [0, 0.1) is 36.5 Å². The number of halogens is 1. The molecule has 6 heterocycles. The second-order valence-corrected chi connectivity index (χ2v) is 22.8. The minimum absolute atomic E-state index is 0.0680. The van der Waals surface area contributed by atoms with E-state index in [1.807, 2.05) is 40.7 Å². The quantitative estimate of drug-likeness (QED) is 0.150. The summed E-state index contributed by atoms with van der Waals surface area (Å²) in [7, 11) is 1.54. The van der Waals surface area contributed by atoms with Gasteiger partial charge in [-0.3, -0.25) is 19.4 Å². The number of ether oxygens (including phenoxy) is 6. The second kappa shape index (κ2) is 18.5. The van der Waals surface area contributed by atoms with Crippen molar-refractivity contribution in [1.82, 2.24) is 4.90 Å². The molecule has 67 heavy (non-hydrogen) atoms. The summed E-state index contributed by atoms with van der Waals surface area (Å²) in [6.45, 7) is 26.6. The van der Waals surface area contributed by atoms with Gasteiger partial charge in [-0.2, -0.15) is 0 Å². The van der Waals surface area contributed by atoms with Gasteiger partial charge < -0.3 is 48.9 Å².